The molecule has 2 aromatic heterocycles. The number of aromatic nitrogens is 3. The molecule has 2 aromatic carbocycles. The molecule has 4 aromatic rings. The summed E-state index contributed by atoms with van der Waals surface area (Å²) >= 11 is 1.02. The van der Waals surface area contributed by atoms with Crippen LogP contribution in [0.2, 0.25) is 0 Å². The highest BCUT2D eigenvalue weighted by atomic mass is 32.2. The van der Waals surface area contributed by atoms with E-state index in [1.807, 2.05) is 6.92 Å². The molecule has 0 aliphatic carbocycles. The van der Waals surface area contributed by atoms with Crippen LogP contribution in [0, 0.1) is 0 Å². The van der Waals surface area contributed by atoms with Crippen molar-refractivity contribution in [2.45, 2.75) is 24.9 Å². The van der Waals surface area contributed by atoms with Crippen molar-refractivity contribution in [3.05, 3.63) is 58.0 Å². The van der Waals surface area contributed by atoms with Crippen molar-refractivity contribution in [1.82, 2.24) is 19.4 Å². The highest BCUT2D eigenvalue weighted by Gasteiger charge is 2.18. The predicted molar refractivity (Wildman–Crippen MR) is 112 cm³/mol. The van der Waals surface area contributed by atoms with Crippen molar-refractivity contribution in [1.29, 1.82) is 0 Å². The maximum atomic E-state index is 12.7. The molecule has 0 spiro atoms. The Hall–Kier alpha value is -3.02. The second-order valence-corrected chi connectivity index (χ2v) is 9.07. The van der Waals surface area contributed by atoms with Crippen LogP contribution in [0.3, 0.4) is 0 Å². The number of fused-ring (bicyclic) bond motifs is 1. The lowest BCUT2D eigenvalue weighted by molar-refractivity contribution is 0.376. The molecule has 0 unspecified atom stereocenters. The summed E-state index contributed by atoms with van der Waals surface area (Å²) in [6.45, 7) is 2.23. The van der Waals surface area contributed by atoms with E-state index in [-0.39, 0.29) is 22.2 Å². The van der Waals surface area contributed by atoms with Gasteiger partial charge < -0.3 is 9.26 Å². The predicted octanol–water partition coefficient (Wildman–Crippen LogP) is 2.62. The number of hydrogen-bond acceptors (Lipinski definition) is 8. The Kier molecular flexibility index (Phi) is 5.41. The molecule has 0 saturated heterocycles. The van der Waals surface area contributed by atoms with Crippen molar-refractivity contribution >= 4 is 31.6 Å². The number of aryl methyl sites for hydroxylation is 1. The normalized spacial score (nSPS) is 11.8. The minimum absolute atomic E-state index is 0.0643. The van der Waals surface area contributed by atoms with Gasteiger partial charge in [0.05, 0.1) is 28.8 Å². The summed E-state index contributed by atoms with van der Waals surface area (Å²) in [5.74, 6) is 1.18. The molecule has 0 amide bonds. The molecule has 1 N–H and O–H groups in total. The molecule has 9 nitrogen and oxygen atoms in total. The zero-order valence-electron chi connectivity index (χ0n) is 16.2. The van der Waals surface area contributed by atoms with Gasteiger partial charge in [-0.15, -0.1) is 0 Å². The fourth-order valence-corrected chi connectivity index (χ4v) is 5.01. The lowest BCUT2D eigenvalue weighted by Crippen LogP contribution is -2.23. The fourth-order valence-electron chi connectivity index (χ4n) is 2.94. The number of sulfonamides is 1. The lowest BCUT2D eigenvalue weighted by Gasteiger charge is -2.05. The molecule has 30 heavy (non-hydrogen) atoms. The molecule has 0 atom stereocenters. The van der Waals surface area contributed by atoms with Crippen LogP contribution < -0.4 is 14.3 Å². The summed E-state index contributed by atoms with van der Waals surface area (Å²) in [7, 11) is -2.25. The zero-order chi connectivity index (χ0) is 21.3. The van der Waals surface area contributed by atoms with Gasteiger partial charge >= 0.3 is 4.87 Å². The van der Waals surface area contributed by atoms with Crippen LogP contribution in [0.1, 0.15) is 12.8 Å². The first-order valence-corrected chi connectivity index (χ1v) is 11.3. The highest BCUT2D eigenvalue weighted by molar-refractivity contribution is 7.89. The van der Waals surface area contributed by atoms with Crippen molar-refractivity contribution in [2.24, 2.45) is 0 Å². The molecular formula is C19H18N4O5S2. The van der Waals surface area contributed by atoms with E-state index in [0.29, 0.717) is 28.3 Å². The third kappa shape index (κ3) is 3.86. The van der Waals surface area contributed by atoms with Gasteiger partial charge in [-0.3, -0.25) is 9.36 Å². The molecule has 0 radical (unpaired) electrons. The Morgan fingerprint density at radius 1 is 1.20 bits per heavy atom. The third-order valence-electron chi connectivity index (χ3n) is 4.50. The van der Waals surface area contributed by atoms with E-state index in [4.69, 9.17) is 9.26 Å². The quantitative estimate of drug-likeness (QED) is 0.464. The number of nitrogens with one attached hydrogen (secondary N) is 1. The van der Waals surface area contributed by atoms with Gasteiger partial charge in [0, 0.05) is 12.1 Å². The summed E-state index contributed by atoms with van der Waals surface area (Å²) in [5, 5.41) is 3.88. The first-order valence-electron chi connectivity index (χ1n) is 9.01. The Bertz CT molecular complexity index is 1350. The summed E-state index contributed by atoms with van der Waals surface area (Å²) in [6, 6.07) is 11.7. The topological polar surface area (TPSA) is 116 Å². The molecule has 11 heteroatoms. The summed E-state index contributed by atoms with van der Waals surface area (Å²) in [5.41, 5.74) is 1.43. The molecule has 4 rings (SSSR count). The van der Waals surface area contributed by atoms with E-state index < -0.39 is 10.0 Å². The lowest BCUT2D eigenvalue weighted by atomic mass is 10.2. The van der Waals surface area contributed by atoms with Gasteiger partial charge in [0.2, 0.25) is 21.7 Å². The number of thiazole rings is 1. The van der Waals surface area contributed by atoms with Crippen LogP contribution in [0.15, 0.2) is 56.7 Å². The summed E-state index contributed by atoms with van der Waals surface area (Å²) < 4.78 is 40.3. The number of rotatable bonds is 7. The largest absolute Gasteiger partial charge is 0.497 e. The van der Waals surface area contributed by atoms with Gasteiger partial charge in [0.25, 0.3) is 0 Å². The Morgan fingerprint density at radius 3 is 2.67 bits per heavy atom. The van der Waals surface area contributed by atoms with Crippen LogP contribution >= 0.6 is 11.3 Å². The highest BCUT2D eigenvalue weighted by Crippen LogP contribution is 2.22. The summed E-state index contributed by atoms with van der Waals surface area (Å²) in [4.78, 5) is 16.1. The van der Waals surface area contributed by atoms with Gasteiger partial charge in [-0.2, -0.15) is 4.98 Å². The Balaban J connectivity index is 1.51. The van der Waals surface area contributed by atoms with E-state index >= 15 is 0 Å². The van der Waals surface area contributed by atoms with Gasteiger partial charge in [-0.05, 0) is 49.4 Å². The van der Waals surface area contributed by atoms with Crippen molar-refractivity contribution < 1.29 is 17.7 Å². The first-order chi connectivity index (χ1) is 14.4. The molecule has 156 valence electrons. The number of nitrogens with zero attached hydrogens (tertiary/aromatic N) is 3. The van der Waals surface area contributed by atoms with Crippen molar-refractivity contribution in [3.63, 3.8) is 0 Å². The average Bonchev–Trinajstić information content (AvgIpc) is 3.35. The molecule has 0 aliphatic rings. The van der Waals surface area contributed by atoms with Crippen LogP contribution in [0.5, 0.6) is 5.75 Å². The number of benzene rings is 2. The van der Waals surface area contributed by atoms with Gasteiger partial charge in [-0.25, -0.2) is 13.1 Å². The van der Waals surface area contributed by atoms with E-state index in [2.05, 4.69) is 14.9 Å². The minimum Gasteiger partial charge on any atom is -0.497 e. The van der Waals surface area contributed by atoms with E-state index in [0.717, 1.165) is 16.9 Å². The molecule has 2 heterocycles. The Morgan fingerprint density at radius 2 is 1.97 bits per heavy atom. The van der Waals surface area contributed by atoms with Gasteiger partial charge in [0.1, 0.15) is 5.75 Å². The molecule has 0 fully saturated rings. The second-order valence-electron chi connectivity index (χ2n) is 6.31. The van der Waals surface area contributed by atoms with Crippen LogP contribution in [0.4, 0.5) is 0 Å². The number of methoxy groups -OCH3 is 1. The first kappa shape index (κ1) is 20.3. The second kappa shape index (κ2) is 8.01. The molecular weight excluding hydrogens is 428 g/mol. The van der Waals surface area contributed by atoms with Gasteiger partial charge in [-0.1, -0.05) is 16.5 Å². The van der Waals surface area contributed by atoms with Crippen molar-refractivity contribution in [2.75, 3.05) is 7.11 Å². The van der Waals surface area contributed by atoms with Crippen molar-refractivity contribution in [3.8, 4) is 17.1 Å². The fraction of sp³-hybridized carbons (Fsp3) is 0.211. The number of hydrogen-bond donors (Lipinski definition) is 1. The maximum absolute atomic E-state index is 12.7. The van der Waals surface area contributed by atoms with E-state index in [9.17, 15) is 13.2 Å². The average molecular weight is 447 g/mol. The number of ether oxygens (including phenoxy) is 1. The third-order valence-corrected chi connectivity index (χ3v) is 6.84. The molecule has 0 saturated carbocycles. The van der Waals surface area contributed by atoms with Crippen LogP contribution in [-0.2, 0) is 23.1 Å². The molecule has 0 bridgehead atoms. The monoisotopic (exact) mass is 446 g/mol. The minimum atomic E-state index is -3.82. The van der Waals surface area contributed by atoms with E-state index in [1.54, 1.807) is 42.0 Å². The summed E-state index contributed by atoms with van der Waals surface area (Å²) in [6.07, 6.45) is 0. The Labute approximate surface area is 176 Å². The van der Waals surface area contributed by atoms with Crippen LogP contribution in [-0.4, -0.2) is 30.2 Å². The standard InChI is InChI=1S/C19H18N4O5S2/c1-3-23-15-9-8-14(10-16(15)29-19(23)24)30(25,26)20-11-17-21-18(22-28-17)12-4-6-13(27-2)7-5-12/h4-10,20H,3,11H2,1-2H3. The molecule has 0 aliphatic heterocycles. The SMILES string of the molecule is CCn1c(=O)sc2cc(S(=O)(=O)NCc3nc(-c4ccc(OC)cc4)no3)ccc21. The smallest absolute Gasteiger partial charge is 0.308 e. The van der Waals surface area contributed by atoms with E-state index in [1.165, 1.54) is 12.1 Å². The van der Waals surface area contributed by atoms with Gasteiger partial charge in [0.15, 0.2) is 0 Å². The van der Waals surface area contributed by atoms with Crippen LogP contribution in [0.25, 0.3) is 21.6 Å². The maximum Gasteiger partial charge on any atom is 0.308 e. The zero-order valence-corrected chi connectivity index (χ0v) is 17.8.